The van der Waals surface area contributed by atoms with Gasteiger partial charge >= 0.3 is 83.6 Å². The van der Waals surface area contributed by atoms with Crippen molar-refractivity contribution in [3.8, 4) is 92.0 Å². The number of carbonyl (C=O) groups is 14. The zero-order chi connectivity index (χ0) is 97.7. The lowest BCUT2D eigenvalue weighted by molar-refractivity contribution is -0.136. The number of ether oxygens (including phenoxy) is 20. The molecule has 0 saturated carbocycles. The first kappa shape index (κ1) is 101. The summed E-state index contributed by atoms with van der Waals surface area (Å²) >= 11 is 0. The van der Waals surface area contributed by atoms with E-state index in [1.807, 2.05) is 27.7 Å². The number of unbranched alkanes of at least 4 members (excludes halogenated alkanes) is 4. The average Bonchev–Trinajstić information content (AvgIpc) is 1.62. The molecule has 34 heteroatoms. The van der Waals surface area contributed by atoms with Crippen molar-refractivity contribution in [2.45, 2.75) is 155 Å². The highest BCUT2D eigenvalue weighted by Crippen LogP contribution is 2.36. The van der Waals surface area contributed by atoms with Crippen molar-refractivity contribution in [3.05, 3.63) is 264 Å². The fourth-order valence-electron chi connectivity index (χ4n) is 13.7. The minimum atomic E-state index is -1.17. The van der Waals surface area contributed by atoms with E-state index in [1.165, 1.54) is 109 Å². The van der Waals surface area contributed by atoms with Crippen LogP contribution in [0, 0.1) is 0 Å². The molecule has 10 aromatic rings. The van der Waals surface area contributed by atoms with Gasteiger partial charge in [0.05, 0.1) is 73.0 Å². The van der Waals surface area contributed by atoms with Gasteiger partial charge in [-0.15, -0.1) is 0 Å². The van der Waals surface area contributed by atoms with Crippen molar-refractivity contribution in [1.82, 2.24) is 0 Å². The van der Waals surface area contributed by atoms with Crippen LogP contribution in [0.15, 0.2) is 231 Å². The third-order valence-corrected chi connectivity index (χ3v) is 20.4. The van der Waals surface area contributed by atoms with Crippen LogP contribution in [-0.4, -0.2) is 148 Å². The molecule has 2 saturated heterocycles. The molecule has 138 heavy (non-hydrogen) atoms. The molecule has 0 aliphatic carbocycles. The molecule has 718 valence electrons. The van der Waals surface area contributed by atoms with E-state index in [1.54, 1.807) is 97.1 Å². The first-order valence-corrected chi connectivity index (χ1v) is 44.7. The summed E-state index contributed by atoms with van der Waals surface area (Å²) in [4.78, 5) is 185. The molecular weight excluding hydrogens is 1790 g/mol. The molecule has 0 aromatic heterocycles. The number of carbonyl (C=O) groups excluding carboxylic acids is 14. The quantitative estimate of drug-likeness (QED) is 0.0194. The van der Waals surface area contributed by atoms with Gasteiger partial charge in [0.2, 0.25) is 0 Å². The van der Waals surface area contributed by atoms with Gasteiger partial charge in [0, 0.05) is 63.5 Å². The van der Waals surface area contributed by atoms with Gasteiger partial charge in [0.25, 0.3) is 0 Å². The SMILES string of the molecule is CCOc1ccc(C(=O)Oc2ccc(OC(=O)CCCCC(=O)Oc3cc(OC(=O)CCCCC(=O)Oc4ccc(OC(=O)c5ccc(OCC)cc5)cc4)cc(C(=O)O[C@H]4CO[C@H]5[C@@H]4OC[C@H]5OC(=O)c4cc(OC(=O)CCCCC(=O)Oc5ccc(OC(=O)c6ccc(OCC)cc6)cc5)cc(OC(=O)CCCCC(=O)Oc5ccc(OC(=O)c6ccc(OCC)cc6)cc5)c4)c3)cc2)cc1. The molecule has 0 unspecified atom stereocenters. The molecule has 2 heterocycles. The van der Waals surface area contributed by atoms with Crippen LogP contribution in [0.1, 0.15) is 193 Å². The Kier molecular flexibility index (Phi) is 37.6. The lowest BCUT2D eigenvalue weighted by Crippen LogP contribution is -2.36. The highest BCUT2D eigenvalue weighted by Gasteiger charge is 2.51. The van der Waals surface area contributed by atoms with E-state index in [4.69, 9.17) is 94.7 Å². The highest BCUT2D eigenvalue weighted by molar-refractivity contribution is 5.95. The molecule has 0 bridgehead atoms. The van der Waals surface area contributed by atoms with Crippen LogP contribution < -0.4 is 75.8 Å². The predicted molar refractivity (Wildman–Crippen MR) is 486 cm³/mol. The second kappa shape index (κ2) is 51.4. The van der Waals surface area contributed by atoms with Crippen molar-refractivity contribution >= 4 is 83.6 Å². The summed E-state index contributed by atoms with van der Waals surface area (Å²) in [5, 5.41) is 0. The van der Waals surface area contributed by atoms with Crippen molar-refractivity contribution in [2.75, 3.05) is 39.6 Å². The molecular formula is C104H98O34. The second-order valence-corrected chi connectivity index (χ2v) is 30.8. The summed E-state index contributed by atoms with van der Waals surface area (Å²) in [6.45, 7) is 8.59. The minimum Gasteiger partial charge on any atom is -0.494 e. The Morgan fingerprint density at radius 2 is 0.370 bits per heavy atom. The third-order valence-electron chi connectivity index (χ3n) is 20.4. The molecule has 0 amide bonds. The van der Waals surface area contributed by atoms with Gasteiger partial charge < -0.3 is 94.7 Å². The lowest BCUT2D eigenvalue weighted by Gasteiger charge is -2.18. The molecule has 2 aliphatic rings. The second-order valence-electron chi connectivity index (χ2n) is 30.8. The molecule has 0 radical (unpaired) electrons. The normalized spacial score (nSPS) is 13.8. The summed E-state index contributed by atoms with van der Waals surface area (Å²) < 4.78 is 112. The van der Waals surface area contributed by atoms with Crippen LogP contribution in [0.5, 0.6) is 92.0 Å². The topological polar surface area (TPSA) is 424 Å². The van der Waals surface area contributed by atoms with E-state index in [-0.39, 0.29) is 196 Å². The van der Waals surface area contributed by atoms with Gasteiger partial charge in [-0.25, -0.2) is 28.8 Å². The van der Waals surface area contributed by atoms with Crippen LogP contribution in [0.3, 0.4) is 0 Å². The number of benzene rings is 10. The average molecular weight is 1890 g/mol. The fraction of sp³-hybridized carbons (Fsp3) is 0.288. The van der Waals surface area contributed by atoms with Crippen LogP contribution in [0.4, 0.5) is 0 Å². The van der Waals surface area contributed by atoms with Crippen LogP contribution in [0.25, 0.3) is 0 Å². The number of fused-ring (bicyclic) bond motifs is 1. The Balaban J connectivity index is 0.645. The molecule has 2 fully saturated rings. The van der Waals surface area contributed by atoms with Gasteiger partial charge in [-0.2, -0.15) is 0 Å². The van der Waals surface area contributed by atoms with Crippen molar-refractivity contribution < 1.29 is 162 Å². The van der Waals surface area contributed by atoms with E-state index in [0.717, 1.165) is 24.3 Å². The van der Waals surface area contributed by atoms with E-state index in [0.29, 0.717) is 71.7 Å². The maximum atomic E-state index is 14.3. The Morgan fingerprint density at radius 1 is 0.203 bits per heavy atom. The Bertz CT molecular complexity index is 5210. The smallest absolute Gasteiger partial charge is 0.343 e. The van der Waals surface area contributed by atoms with E-state index in [2.05, 4.69) is 0 Å². The highest BCUT2D eigenvalue weighted by atomic mass is 16.7. The molecule has 34 nitrogen and oxygen atoms in total. The Labute approximate surface area is 792 Å². The lowest BCUT2D eigenvalue weighted by atomic mass is 10.1. The molecule has 10 aromatic carbocycles. The molecule has 2 aliphatic heterocycles. The molecule has 0 spiro atoms. The van der Waals surface area contributed by atoms with Crippen molar-refractivity contribution in [2.24, 2.45) is 0 Å². The number of hydrogen-bond donors (Lipinski definition) is 0. The van der Waals surface area contributed by atoms with Crippen LogP contribution in [0.2, 0.25) is 0 Å². The van der Waals surface area contributed by atoms with Gasteiger partial charge in [0.15, 0.2) is 12.2 Å². The summed E-state index contributed by atoms with van der Waals surface area (Å²) in [7, 11) is 0. The van der Waals surface area contributed by atoms with Gasteiger partial charge in [-0.05, 0) is 297 Å². The van der Waals surface area contributed by atoms with E-state index < -0.39 is 108 Å². The zero-order valence-corrected chi connectivity index (χ0v) is 75.7. The summed E-state index contributed by atoms with van der Waals surface area (Å²) in [6.07, 6.45) is -4.68. The maximum absolute atomic E-state index is 14.3. The zero-order valence-electron chi connectivity index (χ0n) is 75.7. The Morgan fingerprint density at radius 3 is 0.551 bits per heavy atom. The minimum absolute atomic E-state index is 0.117. The summed E-state index contributed by atoms with van der Waals surface area (Å²) in [6, 6.07) is 55.9. The van der Waals surface area contributed by atoms with Crippen molar-refractivity contribution in [3.63, 3.8) is 0 Å². The molecule has 12 rings (SSSR count). The first-order valence-electron chi connectivity index (χ1n) is 44.7. The van der Waals surface area contributed by atoms with Crippen molar-refractivity contribution in [1.29, 1.82) is 0 Å². The number of rotatable bonds is 48. The van der Waals surface area contributed by atoms with Crippen LogP contribution >= 0.6 is 0 Å². The Hall–Kier alpha value is -16.1. The largest absolute Gasteiger partial charge is 0.494 e. The standard InChI is InChI=1S/C104H98O34/c1-5-119-71-33-25-65(26-34-71)99(113)133-79-49-41-75(42-50-79)125-89(105)17-9-13-21-93(109)129-83-57-69(58-84(61-83)130-94(110)22-14-10-18-90(106)126-76-43-51-80(52-44-76)134-100(114)66-27-35-72(36-28-66)120-6-2)103(117)137-87-63-123-98-88(64-124-97(87)98)138-104(118)70-59-85(131-95(111)23-15-11-19-91(107)127-77-45-53-81(54-46-77)135-101(115)67-29-37-73(38-30-67)121-7-3)62-86(60-70)132-96(112)24-16-12-20-92(108)128-78-47-55-82(56-48-78)136-102(116)68-31-39-74(40-32-68)122-8-4/h25-62,87-88,97-98H,5-24,63-64H2,1-4H3/t87-,88+,97-,98-/m1/s1. The van der Waals surface area contributed by atoms with Gasteiger partial charge in [0.1, 0.15) is 104 Å². The van der Waals surface area contributed by atoms with E-state index >= 15 is 0 Å². The number of esters is 14. The van der Waals surface area contributed by atoms with Crippen LogP contribution in [-0.2, 0) is 57.3 Å². The summed E-state index contributed by atoms with van der Waals surface area (Å²) in [5.74, 6) is -7.47. The maximum Gasteiger partial charge on any atom is 0.343 e. The first-order chi connectivity index (χ1) is 66.8. The summed E-state index contributed by atoms with van der Waals surface area (Å²) in [5.41, 5.74) is 0.608. The monoisotopic (exact) mass is 1890 g/mol. The van der Waals surface area contributed by atoms with Gasteiger partial charge in [-0.1, -0.05) is 0 Å². The number of hydrogen-bond acceptors (Lipinski definition) is 34. The molecule has 0 N–H and O–H groups in total. The predicted octanol–water partition coefficient (Wildman–Crippen LogP) is 17.0. The van der Waals surface area contributed by atoms with Gasteiger partial charge in [-0.3, -0.25) is 38.4 Å². The molecule has 4 atom stereocenters. The third kappa shape index (κ3) is 32.1. The fourth-order valence-corrected chi connectivity index (χ4v) is 13.7. The van der Waals surface area contributed by atoms with E-state index in [9.17, 15) is 67.1 Å².